The molecule has 0 unspecified atom stereocenters. The van der Waals surface area contributed by atoms with Crippen LogP contribution in [0.25, 0.3) is 11.3 Å². The molecule has 22 heavy (non-hydrogen) atoms. The summed E-state index contributed by atoms with van der Waals surface area (Å²) in [5.41, 5.74) is 1.13. The van der Waals surface area contributed by atoms with Crippen molar-refractivity contribution in [3.05, 3.63) is 45.1 Å². The zero-order valence-electron chi connectivity index (χ0n) is 12.5. The first kappa shape index (κ1) is 15.4. The van der Waals surface area contributed by atoms with E-state index in [4.69, 9.17) is 4.74 Å². The van der Waals surface area contributed by atoms with E-state index in [0.29, 0.717) is 24.0 Å². The fraction of sp³-hybridized carbons (Fsp3) is 0.438. The summed E-state index contributed by atoms with van der Waals surface area (Å²) in [6.45, 7) is 2.28. The Labute approximate surface area is 132 Å². The van der Waals surface area contributed by atoms with Crippen LogP contribution in [0.15, 0.2) is 34.4 Å². The van der Waals surface area contributed by atoms with Gasteiger partial charge in [-0.15, -0.1) is 0 Å². The second kappa shape index (κ2) is 6.73. The molecule has 1 aliphatic rings. The van der Waals surface area contributed by atoms with E-state index in [1.165, 1.54) is 6.07 Å². The zero-order chi connectivity index (χ0) is 15.5. The first-order valence-electron chi connectivity index (χ1n) is 7.37. The molecule has 1 saturated heterocycles. The standard InChI is InChI=1S/C16H19FN2O2S/c1-21-12-6-8-18(9-7-12)11-19-15(10-22-16(19)20)13-4-2-3-5-14(13)17/h2-5,10,12H,6-9,11H2,1H3. The number of ether oxygens (including phenoxy) is 1. The number of rotatable bonds is 4. The molecule has 0 bridgehead atoms. The van der Waals surface area contributed by atoms with E-state index >= 15 is 0 Å². The van der Waals surface area contributed by atoms with Crippen LogP contribution >= 0.6 is 11.3 Å². The number of methoxy groups -OCH3 is 1. The lowest BCUT2D eigenvalue weighted by molar-refractivity contribution is 0.0318. The zero-order valence-corrected chi connectivity index (χ0v) is 13.3. The number of piperidine rings is 1. The largest absolute Gasteiger partial charge is 0.381 e. The maximum atomic E-state index is 14.0. The van der Waals surface area contributed by atoms with Crippen LogP contribution in [0.5, 0.6) is 0 Å². The molecule has 0 spiro atoms. The van der Waals surface area contributed by atoms with Gasteiger partial charge in [-0.2, -0.15) is 0 Å². The smallest absolute Gasteiger partial charge is 0.308 e. The van der Waals surface area contributed by atoms with Gasteiger partial charge in [0.2, 0.25) is 0 Å². The topological polar surface area (TPSA) is 34.5 Å². The second-order valence-electron chi connectivity index (χ2n) is 5.49. The van der Waals surface area contributed by atoms with E-state index in [2.05, 4.69) is 4.90 Å². The number of hydrogen-bond donors (Lipinski definition) is 0. The van der Waals surface area contributed by atoms with E-state index in [0.717, 1.165) is 37.3 Å². The van der Waals surface area contributed by atoms with Crippen molar-refractivity contribution in [2.75, 3.05) is 20.2 Å². The second-order valence-corrected chi connectivity index (χ2v) is 6.31. The van der Waals surface area contributed by atoms with Crippen molar-refractivity contribution in [3.8, 4) is 11.3 Å². The minimum Gasteiger partial charge on any atom is -0.381 e. The van der Waals surface area contributed by atoms with Crippen LogP contribution in [0, 0.1) is 5.82 Å². The fourth-order valence-electron chi connectivity index (χ4n) is 2.83. The number of nitrogens with zero attached hydrogens (tertiary/aromatic N) is 2. The van der Waals surface area contributed by atoms with Gasteiger partial charge in [0, 0.05) is 31.1 Å². The molecule has 118 valence electrons. The quantitative estimate of drug-likeness (QED) is 0.868. The predicted molar refractivity (Wildman–Crippen MR) is 85.6 cm³/mol. The van der Waals surface area contributed by atoms with Gasteiger partial charge in [0.1, 0.15) is 5.82 Å². The Kier molecular flexibility index (Phi) is 4.71. The van der Waals surface area contributed by atoms with E-state index in [1.807, 2.05) is 0 Å². The van der Waals surface area contributed by atoms with Gasteiger partial charge in [0.15, 0.2) is 0 Å². The molecule has 0 radical (unpaired) electrons. The Morgan fingerprint density at radius 1 is 1.32 bits per heavy atom. The number of aromatic nitrogens is 1. The van der Waals surface area contributed by atoms with Gasteiger partial charge in [-0.3, -0.25) is 14.3 Å². The van der Waals surface area contributed by atoms with Crippen LogP contribution in [0.2, 0.25) is 0 Å². The lowest BCUT2D eigenvalue weighted by atomic mass is 10.1. The van der Waals surface area contributed by atoms with E-state index < -0.39 is 0 Å². The van der Waals surface area contributed by atoms with E-state index in [1.54, 1.807) is 35.3 Å². The highest BCUT2D eigenvalue weighted by Crippen LogP contribution is 2.24. The molecule has 1 aromatic heterocycles. The van der Waals surface area contributed by atoms with Gasteiger partial charge in [-0.05, 0) is 25.0 Å². The average Bonchev–Trinajstić information content (AvgIpc) is 2.90. The predicted octanol–water partition coefficient (Wildman–Crippen LogP) is 2.78. The van der Waals surface area contributed by atoms with E-state index in [9.17, 15) is 9.18 Å². The lowest BCUT2D eigenvalue weighted by Crippen LogP contribution is -2.39. The number of halogens is 1. The number of likely N-dealkylation sites (tertiary alicyclic amines) is 1. The maximum Gasteiger partial charge on any atom is 0.308 e. The van der Waals surface area contributed by atoms with Gasteiger partial charge < -0.3 is 4.74 Å². The minimum atomic E-state index is -0.299. The molecule has 1 aliphatic heterocycles. The van der Waals surface area contributed by atoms with Gasteiger partial charge in [-0.25, -0.2) is 4.39 Å². The third kappa shape index (κ3) is 3.14. The number of benzene rings is 1. The van der Waals surface area contributed by atoms with Crippen LogP contribution in [0.1, 0.15) is 12.8 Å². The van der Waals surface area contributed by atoms with Gasteiger partial charge in [-0.1, -0.05) is 23.5 Å². The summed E-state index contributed by atoms with van der Waals surface area (Å²) in [6, 6.07) is 6.58. The molecular weight excluding hydrogens is 303 g/mol. The number of thiazole rings is 1. The molecular formula is C16H19FN2O2S. The summed E-state index contributed by atoms with van der Waals surface area (Å²) >= 11 is 1.12. The summed E-state index contributed by atoms with van der Waals surface area (Å²) < 4.78 is 21.0. The van der Waals surface area contributed by atoms with Crippen molar-refractivity contribution in [2.45, 2.75) is 25.6 Å². The molecule has 1 aromatic carbocycles. The highest BCUT2D eigenvalue weighted by molar-refractivity contribution is 7.07. The SMILES string of the molecule is COC1CCN(Cn2c(-c3ccccc3F)csc2=O)CC1. The molecule has 6 heteroatoms. The third-order valence-corrected chi connectivity index (χ3v) is 4.90. The Balaban J connectivity index is 1.82. The van der Waals surface area contributed by atoms with E-state index in [-0.39, 0.29) is 10.7 Å². The summed E-state index contributed by atoms with van der Waals surface area (Å²) in [5, 5.41) is 1.74. The third-order valence-electron chi connectivity index (χ3n) is 4.14. The minimum absolute atomic E-state index is 0.0490. The van der Waals surface area contributed by atoms with Crippen LogP contribution in [0.4, 0.5) is 4.39 Å². The Bertz CT molecular complexity index is 689. The normalized spacial score (nSPS) is 17.0. The van der Waals surface area contributed by atoms with Crippen LogP contribution in [-0.4, -0.2) is 35.8 Å². The Morgan fingerprint density at radius 3 is 2.73 bits per heavy atom. The van der Waals surface area contributed by atoms with Gasteiger partial charge >= 0.3 is 4.87 Å². The van der Waals surface area contributed by atoms with Crippen LogP contribution in [-0.2, 0) is 11.4 Å². The lowest BCUT2D eigenvalue weighted by Gasteiger charge is -2.31. The summed E-state index contributed by atoms with van der Waals surface area (Å²) in [6.07, 6.45) is 2.23. The molecule has 2 heterocycles. The highest BCUT2D eigenvalue weighted by atomic mass is 32.1. The number of hydrogen-bond acceptors (Lipinski definition) is 4. The van der Waals surface area contributed by atoms with Gasteiger partial charge in [0.25, 0.3) is 0 Å². The summed E-state index contributed by atoms with van der Waals surface area (Å²) in [7, 11) is 1.74. The molecule has 2 aromatic rings. The molecule has 4 nitrogen and oxygen atoms in total. The van der Waals surface area contributed by atoms with Crippen molar-refractivity contribution in [1.29, 1.82) is 0 Å². The molecule has 3 rings (SSSR count). The summed E-state index contributed by atoms with van der Waals surface area (Å²) in [5.74, 6) is -0.299. The fourth-order valence-corrected chi connectivity index (χ4v) is 3.58. The highest BCUT2D eigenvalue weighted by Gasteiger charge is 2.21. The van der Waals surface area contributed by atoms with Crippen molar-refractivity contribution in [1.82, 2.24) is 9.47 Å². The molecule has 0 aliphatic carbocycles. The molecule has 0 atom stereocenters. The molecule has 0 N–H and O–H groups in total. The Morgan fingerprint density at radius 2 is 2.05 bits per heavy atom. The Hall–Kier alpha value is -1.50. The first-order chi connectivity index (χ1) is 10.7. The molecule has 0 saturated carbocycles. The van der Waals surface area contributed by atoms with Crippen molar-refractivity contribution in [3.63, 3.8) is 0 Å². The maximum absolute atomic E-state index is 14.0. The van der Waals surface area contributed by atoms with Crippen LogP contribution < -0.4 is 4.87 Å². The average molecular weight is 322 g/mol. The van der Waals surface area contributed by atoms with Gasteiger partial charge in [0.05, 0.1) is 18.5 Å². The van der Waals surface area contributed by atoms with Crippen LogP contribution in [0.3, 0.4) is 0 Å². The van der Waals surface area contributed by atoms with Crippen molar-refractivity contribution in [2.24, 2.45) is 0 Å². The van der Waals surface area contributed by atoms with Crippen molar-refractivity contribution < 1.29 is 9.13 Å². The summed E-state index contributed by atoms with van der Waals surface area (Å²) in [4.78, 5) is 14.3. The van der Waals surface area contributed by atoms with Crippen molar-refractivity contribution >= 4 is 11.3 Å². The monoisotopic (exact) mass is 322 g/mol. The first-order valence-corrected chi connectivity index (χ1v) is 8.25. The molecule has 1 fully saturated rings. The molecule has 0 amide bonds.